The number of hydrogen-bond acceptors (Lipinski definition) is 4. The quantitative estimate of drug-likeness (QED) is 0.881. The fourth-order valence-electron chi connectivity index (χ4n) is 2.71. The summed E-state index contributed by atoms with van der Waals surface area (Å²) in [4.78, 5) is 42.2. The Morgan fingerprint density at radius 2 is 1.91 bits per heavy atom. The van der Waals surface area contributed by atoms with Crippen LogP contribution in [-0.4, -0.2) is 33.6 Å². The van der Waals surface area contributed by atoms with Gasteiger partial charge in [0.15, 0.2) is 0 Å². The van der Waals surface area contributed by atoms with Crippen molar-refractivity contribution in [2.75, 3.05) is 5.32 Å². The Labute approximate surface area is 132 Å². The van der Waals surface area contributed by atoms with Crippen LogP contribution in [0, 0.1) is 0 Å². The lowest BCUT2D eigenvalue weighted by Crippen LogP contribution is -2.31. The predicted octanol–water partition coefficient (Wildman–Crippen LogP) is 2.09. The van der Waals surface area contributed by atoms with Crippen molar-refractivity contribution in [3.63, 3.8) is 0 Å². The smallest absolute Gasteiger partial charge is 0.261 e. The first kappa shape index (κ1) is 13.6. The molecule has 114 valence electrons. The number of nitrogens with one attached hydrogen (secondary N) is 1. The van der Waals surface area contributed by atoms with E-state index in [0.29, 0.717) is 22.4 Å². The predicted molar refractivity (Wildman–Crippen MR) is 82.2 cm³/mol. The van der Waals surface area contributed by atoms with Crippen LogP contribution in [0.5, 0.6) is 0 Å². The Hall–Kier alpha value is -3.02. The second-order valence-corrected chi connectivity index (χ2v) is 5.67. The van der Waals surface area contributed by atoms with Crippen LogP contribution < -0.4 is 5.32 Å². The first-order valence-electron chi connectivity index (χ1n) is 7.38. The van der Waals surface area contributed by atoms with Crippen LogP contribution in [0.1, 0.15) is 43.9 Å². The molecule has 6 nitrogen and oxygen atoms in total. The Bertz CT molecular complexity index is 828. The second kappa shape index (κ2) is 5.01. The van der Waals surface area contributed by atoms with Crippen molar-refractivity contribution in [3.8, 4) is 0 Å². The number of benzene rings is 1. The molecule has 4 rings (SSSR count). The van der Waals surface area contributed by atoms with Gasteiger partial charge in [0, 0.05) is 17.8 Å². The Morgan fingerprint density at radius 3 is 2.61 bits per heavy atom. The lowest BCUT2D eigenvalue weighted by Gasteiger charge is -2.11. The van der Waals surface area contributed by atoms with Gasteiger partial charge in [0.05, 0.1) is 23.0 Å². The maximum atomic E-state index is 12.4. The molecule has 0 radical (unpaired) electrons. The van der Waals surface area contributed by atoms with E-state index in [2.05, 4.69) is 10.3 Å². The van der Waals surface area contributed by atoms with Crippen LogP contribution in [0.15, 0.2) is 42.7 Å². The largest absolute Gasteiger partial charge is 0.321 e. The van der Waals surface area contributed by atoms with E-state index in [0.717, 1.165) is 12.8 Å². The first-order chi connectivity index (χ1) is 11.1. The highest BCUT2D eigenvalue weighted by molar-refractivity contribution is 6.22. The minimum absolute atomic E-state index is 0.0232. The van der Waals surface area contributed by atoms with Crippen molar-refractivity contribution in [3.05, 3.63) is 59.4 Å². The van der Waals surface area contributed by atoms with Gasteiger partial charge < -0.3 is 5.32 Å². The number of aromatic nitrogens is 1. The molecule has 23 heavy (non-hydrogen) atoms. The molecule has 0 spiro atoms. The van der Waals surface area contributed by atoms with E-state index in [9.17, 15) is 14.4 Å². The third-order valence-electron chi connectivity index (χ3n) is 4.01. The number of carbonyl (C=O) groups is 3. The lowest BCUT2D eigenvalue weighted by molar-refractivity contribution is 0.0642. The van der Waals surface area contributed by atoms with Gasteiger partial charge in [-0.1, -0.05) is 0 Å². The van der Waals surface area contributed by atoms with E-state index in [1.165, 1.54) is 17.2 Å². The minimum atomic E-state index is -0.342. The highest BCUT2D eigenvalue weighted by atomic mass is 16.2. The first-order valence-corrected chi connectivity index (χ1v) is 7.38. The summed E-state index contributed by atoms with van der Waals surface area (Å²) in [6, 6.07) is 8.07. The van der Waals surface area contributed by atoms with Gasteiger partial charge in [0.2, 0.25) is 0 Å². The summed E-state index contributed by atoms with van der Waals surface area (Å²) in [5.74, 6) is -0.902. The second-order valence-electron chi connectivity index (χ2n) is 5.67. The number of nitrogens with zero attached hydrogens (tertiary/aromatic N) is 2. The summed E-state index contributed by atoms with van der Waals surface area (Å²) in [5.41, 5.74) is 1.59. The fourth-order valence-corrected chi connectivity index (χ4v) is 2.71. The van der Waals surface area contributed by atoms with Gasteiger partial charge in [-0.05, 0) is 43.2 Å². The summed E-state index contributed by atoms with van der Waals surface area (Å²) in [7, 11) is 0. The number of carbonyl (C=O) groups excluding carboxylic acids is 3. The molecule has 1 N–H and O–H groups in total. The monoisotopic (exact) mass is 307 g/mol. The zero-order valence-electron chi connectivity index (χ0n) is 12.2. The highest BCUT2D eigenvalue weighted by Crippen LogP contribution is 2.34. The molecule has 1 fully saturated rings. The van der Waals surface area contributed by atoms with E-state index in [4.69, 9.17) is 0 Å². The van der Waals surface area contributed by atoms with Crippen LogP contribution in [0.2, 0.25) is 0 Å². The molecule has 2 aromatic rings. The van der Waals surface area contributed by atoms with Crippen LogP contribution in [0.3, 0.4) is 0 Å². The number of fused-ring (bicyclic) bond motifs is 1. The third-order valence-corrected chi connectivity index (χ3v) is 4.01. The van der Waals surface area contributed by atoms with Crippen LogP contribution in [-0.2, 0) is 0 Å². The van der Waals surface area contributed by atoms with Gasteiger partial charge in [0.25, 0.3) is 17.7 Å². The van der Waals surface area contributed by atoms with Gasteiger partial charge in [-0.15, -0.1) is 0 Å². The molecule has 6 heteroatoms. The maximum Gasteiger partial charge on any atom is 0.261 e. The third kappa shape index (κ3) is 2.28. The van der Waals surface area contributed by atoms with E-state index < -0.39 is 0 Å². The molecular formula is C17H13N3O3. The van der Waals surface area contributed by atoms with Gasteiger partial charge in [-0.25, -0.2) is 0 Å². The van der Waals surface area contributed by atoms with Gasteiger partial charge in [-0.2, -0.15) is 0 Å². The molecule has 1 aliphatic heterocycles. The zero-order chi connectivity index (χ0) is 16.0. The van der Waals surface area contributed by atoms with Crippen molar-refractivity contribution >= 4 is 23.4 Å². The van der Waals surface area contributed by atoms with E-state index in [1.807, 2.05) is 0 Å². The molecule has 1 aromatic carbocycles. The Morgan fingerprint density at radius 1 is 1.13 bits per heavy atom. The minimum Gasteiger partial charge on any atom is -0.321 e. The number of hydrogen-bond donors (Lipinski definition) is 1. The van der Waals surface area contributed by atoms with E-state index in [-0.39, 0.29) is 23.8 Å². The topological polar surface area (TPSA) is 79.4 Å². The van der Waals surface area contributed by atoms with Crippen molar-refractivity contribution in [2.24, 2.45) is 0 Å². The number of rotatable bonds is 3. The SMILES string of the molecule is O=C(Nc1cccnc1)c1ccc2c(c1)C(=O)N(C1CC1)C2=O. The van der Waals surface area contributed by atoms with Crippen molar-refractivity contribution in [1.29, 1.82) is 0 Å². The molecule has 1 aliphatic carbocycles. The summed E-state index contributed by atoms with van der Waals surface area (Å²) < 4.78 is 0. The molecule has 1 saturated carbocycles. The average Bonchev–Trinajstić information content (AvgIpc) is 3.36. The fraction of sp³-hybridized carbons (Fsp3) is 0.176. The molecule has 2 heterocycles. The van der Waals surface area contributed by atoms with E-state index >= 15 is 0 Å². The standard InChI is InChI=1S/C17H13N3O3/c21-15(19-11-2-1-7-18-9-11)10-3-6-13-14(8-10)17(23)20(16(13)22)12-4-5-12/h1-3,6-9,12H,4-5H2,(H,19,21). The summed E-state index contributed by atoms with van der Waals surface area (Å²) in [6.07, 6.45) is 4.87. The van der Waals surface area contributed by atoms with E-state index in [1.54, 1.807) is 30.5 Å². The summed E-state index contributed by atoms with van der Waals surface area (Å²) in [6.45, 7) is 0. The van der Waals surface area contributed by atoms with Gasteiger partial charge >= 0.3 is 0 Å². The molecule has 3 amide bonds. The summed E-state index contributed by atoms with van der Waals surface area (Å²) >= 11 is 0. The molecule has 0 unspecified atom stereocenters. The van der Waals surface area contributed by atoms with Crippen LogP contribution >= 0.6 is 0 Å². The maximum absolute atomic E-state index is 12.4. The van der Waals surface area contributed by atoms with Crippen LogP contribution in [0.4, 0.5) is 5.69 Å². The molecule has 0 atom stereocenters. The molecule has 2 aliphatic rings. The molecule has 0 bridgehead atoms. The Balaban J connectivity index is 1.62. The number of amides is 3. The van der Waals surface area contributed by atoms with Crippen molar-refractivity contribution in [2.45, 2.75) is 18.9 Å². The van der Waals surface area contributed by atoms with Crippen LogP contribution in [0.25, 0.3) is 0 Å². The average molecular weight is 307 g/mol. The number of imide groups is 1. The van der Waals surface area contributed by atoms with Gasteiger partial charge in [0.1, 0.15) is 0 Å². The summed E-state index contributed by atoms with van der Waals surface area (Å²) in [5, 5.41) is 2.71. The highest BCUT2D eigenvalue weighted by Gasteiger charge is 2.44. The molecular weight excluding hydrogens is 294 g/mol. The van der Waals surface area contributed by atoms with Crippen molar-refractivity contribution in [1.82, 2.24) is 9.88 Å². The number of anilines is 1. The Kier molecular flexibility index (Phi) is 2.97. The van der Waals surface area contributed by atoms with Gasteiger partial charge in [-0.3, -0.25) is 24.3 Å². The molecule has 0 saturated heterocycles. The normalized spacial score (nSPS) is 16.4. The molecule has 1 aromatic heterocycles. The zero-order valence-corrected chi connectivity index (χ0v) is 12.2. The lowest BCUT2D eigenvalue weighted by atomic mass is 10.1. The number of pyridine rings is 1. The van der Waals surface area contributed by atoms with Crippen molar-refractivity contribution < 1.29 is 14.4 Å².